The molecule has 1 saturated heterocycles. The molecule has 2 aliphatic rings. The van der Waals surface area contributed by atoms with E-state index in [1.165, 1.54) is 16.2 Å². The highest BCUT2D eigenvalue weighted by atomic mass is 32.1. The molecule has 2 atom stereocenters. The van der Waals surface area contributed by atoms with Crippen molar-refractivity contribution in [2.75, 3.05) is 13.7 Å². The zero-order valence-electron chi connectivity index (χ0n) is 13.1. The van der Waals surface area contributed by atoms with Gasteiger partial charge in [0.1, 0.15) is 15.6 Å². The Morgan fingerprint density at radius 2 is 2.17 bits per heavy atom. The van der Waals surface area contributed by atoms with E-state index >= 15 is 0 Å². The van der Waals surface area contributed by atoms with Gasteiger partial charge in [0.15, 0.2) is 0 Å². The van der Waals surface area contributed by atoms with Crippen LogP contribution in [0.3, 0.4) is 0 Å². The van der Waals surface area contributed by atoms with E-state index < -0.39 is 5.54 Å². The Balaban J connectivity index is 1.78. The number of nitrogens with zero attached hydrogens (tertiary/aromatic N) is 3. The second kappa shape index (κ2) is 6.50. The fourth-order valence-electron chi connectivity index (χ4n) is 3.47. The van der Waals surface area contributed by atoms with Crippen molar-refractivity contribution >= 4 is 23.3 Å². The van der Waals surface area contributed by atoms with Crippen molar-refractivity contribution in [2.24, 2.45) is 11.7 Å². The minimum atomic E-state index is -0.829. The maximum Gasteiger partial charge on any atom is 0.325 e. The molecule has 23 heavy (non-hydrogen) atoms. The lowest BCUT2D eigenvalue weighted by molar-refractivity contribution is -0.134. The lowest BCUT2D eigenvalue weighted by Crippen LogP contribution is -2.56. The van der Waals surface area contributed by atoms with E-state index in [0.29, 0.717) is 24.6 Å². The largest absolute Gasteiger partial charge is 0.377 e. The minimum absolute atomic E-state index is 0.00354. The number of urea groups is 1. The molecule has 3 amide bonds. The van der Waals surface area contributed by atoms with Gasteiger partial charge in [-0.3, -0.25) is 9.69 Å². The van der Waals surface area contributed by atoms with Crippen molar-refractivity contribution in [2.45, 2.75) is 44.4 Å². The Bertz CT molecular complexity index is 607. The number of carbonyl (C=O) groups is 2. The molecular formula is C14H21N5O3S. The van der Waals surface area contributed by atoms with Crippen molar-refractivity contribution in [1.82, 2.24) is 20.4 Å². The number of amides is 3. The average Bonchev–Trinajstić information content (AvgIpc) is 3.08. The molecule has 9 heteroatoms. The molecule has 126 valence electrons. The molecule has 1 saturated carbocycles. The highest BCUT2D eigenvalue weighted by Gasteiger charge is 2.55. The second-order valence-electron chi connectivity index (χ2n) is 5.99. The number of aromatic nitrogens is 2. The summed E-state index contributed by atoms with van der Waals surface area (Å²) in [5, 5.41) is 12.3. The number of nitrogens with two attached hydrogens (primary N) is 1. The maximum absolute atomic E-state index is 12.9. The fraction of sp³-hybridized carbons (Fsp3) is 0.714. The molecule has 2 heterocycles. The van der Waals surface area contributed by atoms with Gasteiger partial charge in [-0.05, 0) is 19.4 Å². The third-order valence-electron chi connectivity index (χ3n) is 4.63. The Morgan fingerprint density at radius 1 is 1.39 bits per heavy atom. The standard InChI is InChI=1S/C14H21N5O3S/c1-22-8-11-18-17-10(23-11)7-19-12(20)14(16-13(19)21)5-3-2-4-9(14)6-15/h9H,2-8,15H2,1H3,(H,16,21). The summed E-state index contributed by atoms with van der Waals surface area (Å²) in [6, 6.07) is -0.362. The molecule has 1 aromatic rings. The fourth-order valence-corrected chi connectivity index (χ4v) is 4.27. The third-order valence-corrected chi connectivity index (χ3v) is 5.51. The van der Waals surface area contributed by atoms with Crippen LogP contribution >= 0.6 is 11.3 Å². The van der Waals surface area contributed by atoms with Crippen LogP contribution in [0.15, 0.2) is 0 Å². The minimum Gasteiger partial charge on any atom is -0.377 e. The number of methoxy groups -OCH3 is 1. The first-order chi connectivity index (χ1) is 11.1. The molecule has 1 spiro atoms. The molecule has 1 aromatic heterocycles. The molecule has 0 bridgehead atoms. The molecule has 0 aromatic carbocycles. The Kier molecular flexibility index (Phi) is 4.60. The molecular weight excluding hydrogens is 318 g/mol. The summed E-state index contributed by atoms with van der Waals surface area (Å²) in [6.45, 7) is 0.915. The summed E-state index contributed by atoms with van der Waals surface area (Å²) in [5.74, 6) is -0.183. The van der Waals surface area contributed by atoms with Crippen molar-refractivity contribution in [1.29, 1.82) is 0 Å². The van der Waals surface area contributed by atoms with E-state index in [0.717, 1.165) is 24.3 Å². The van der Waals surface area contributed by atoms with Crippen molar-refractivity contribution in [3.8, 4) is 0 Å². The molecule has 1 aliphatic carbocycles. The number of rotatable bonds is 5. The van der Waals surface area contributed by atoms with Crippen LogP contribution in [0.5, 0.6) is 0 Å². The number of hydrogen-bond acceptors (Lipinski definition) is 7. The van der Waals surface area contributed by atoms with Crippen molar-refractivity contribution in [3.63, 3.8) is 0 Å². The Morgan fingerprint density at radius 3 is 2.91 bits per heavy atom. The summed E-state index contributed by atoms with van der Waals surface area (Å²) < 4.78 is 5.01. The molecule has 0 radical (unpaired) electrons. The quantitative estimate of drug-likeness (QED) is 0.761. The van der Waals surface area contributed by atoms with Crippen LogP contribution in [0.2, 0.25) is 0 Å². The van der Waals surface area contributed by atoms with Crippen LogP contribution in [0.25, 0.3) is 0 Å². The normalized spacial score (nSPS) is 27.7. The van der Waals surface area contributed by atoms with Gasteiger partial charge in [-0.15, -0.1) is 10.2 Å². The lowest BCUT2D eigenvalue weighted by Gasteiger charge is -2.38. The van der Waals surface area contributed by atoms with Gasteiger partial charge < -0.3 is 15.8 Å². The molecule has 2 unspecified atom stereocenters. The summed E-state index contributed by atoms with van der Waals surface area (Å²) in [5.41, 5.74) is 5.01. The summed E-state index contributed by atoms with van der Waals surface area (Å²) in [7, 11) is 1.58. The Labute approximate surface area is 138 Å². The first-order valence-electron chi connectivity index (χ1n) is 7.75. The van der Waals surface area contributed by atoms with E-state index in [2.05, 4.69) is 15.5 Å². The zero-order valence-corrected chi connectivity index (χ0v) is 13.9. The molecule has 1 aliphatic heterocycles. The van der Waals surface area contributed by atoms with Crippen LogP contribution in [-0.4, -0.2) is 46.2 Å². The van der Waals surface area contributed by atoms with E-state index in [1.807, 2.05) is 0 Å². The van der Waals surface area contributed by atoms with E-state index in [9.17, 15) is 9.59 Å². The summed E-state index contributed by atoms with van der Waals surface area (Å²) in [6.07, 6.45) is 3.49. The third kappa shape index (κ3) is 2.84. The number of ether oxygens (including phenoxy) is 1. The SMILES string of the molecule is COCc1nnc(CN2C(=O)NC3(CCCCC3CN)C2=O)s1. The van der Waals surface area contributed by atoms with Crippen LogP contribution in [-0.2, 0) is 22.7 Å². The summed E-state index contributed by atoms with van der Waals surface area (Å²) >= 11 is 1.34. The second-order valence-corrected chi connectivity index (χ2v) is 7.14. The Hall–Kier alpha value is -1.58. The first-order valence-corrected chi connectivity index (χ1v) is 8.56. The molecule has 2 fully saturated rings. The monoisotopic (exact) mass is 339 g/mol. The topological polar surface area (TPSA) is 110 Å². The predicted molar refractivity (Wildman–Crippen MR) is 83.4 cm³/mol. The van der Waals surface area contributed by atoms with Gasteiger partial charge in [0.05, 0.1) is 13.2 Å². The molecule has 8 nitrogen and oxygen atoms in total. The van der Waals surface area contributed by atoms with Gasteiger partial charge in [0.25, 0.3) is 5.91 Å². The van der Waals surface area contributed by atoms with E-state index in [-0.39, 0.29) is 24.4 Å². The first kappa shape index (κ1) is 16.3. The van der Waals surface area contributed by atoms with Crippen molar-refractivity contribution in [3.05, 3.63) is 10.0 Å². The highest BCUT2D eigenvalue weighted by Crippen LogP contribution is 2.38. The van der Waals surface area contributed by atoms with Gasteiger partial charge in [0, 0.05) is 13.0 Å². The van der Waals surface area contributed by atoms with Crippen LogP contribution in [0.1, 0.15) is 35.7 Å². The van der Waals surface area contributed by atoms with Gasteiger partial charge in [-0.2, -0.15) is 0 Å². The number of hydrogen-bond donors (Lipinski definition) is 2. The zero-order chi connectivity index (χ0) is 16.4. The number of carbonyl (C=O) groups excluding carboxylic acids is 2. The predicted octanol–water partition coefficient (Wildman–Crippen LogP) is 0.624. The molecule has 3 N–H and O–H groups in total. The van der Waals surface area contributed by atoms with Crippen LogP contribution in [0.4, 0.5) is 4.79 Å². The van der Waals surface area contributed by atoms with Gasteiger partial charge in [-0.25, -0.2) is 4.79 Å². The smallest absolute Gasteiger partial charge is 0.325 e. The number of imide groups is 1. The van der Waals surface area contributed by atoms with E-state index in [4.69, 9.17) is 10.5 Å². The van der Waals surface area contributed by atoms with E-state index in [1.54, 1.807) is 7.11 Å². The van der Waals surface area contributed by atoms with Gasteiger partial charge in [0.2, 0.25) is 0 Å². The molecule has 3 rings (SSSR count). The number of nitrogens with one attached hydrogen (secondary N) is 1. The summed E-state index contributed by atoms with van der Waals surface area (Å²) in [4.78, 5) is 26.5. The lowest BCUT2D eigenvalue weighted by atomic mass is 9.72. The highest BCUT2D eigenvalue weighted by molar-refractivity contribution is 7.11. The van der Waals surface area contributed by atoms with Gasteiger partial charge in [-0.1, -0.05) is 24.2 Å². The van der Waals surface area contributed by atoms with Crippen LogP contribution in [0, 0.1) is 5.92 Å². The van der Waals surface area contributed by atoms with Gasteiger partial charge >= 0.3 is 6.03 Å². The van der Waals surface area contributed by atoms with Crippen molar-refractivity contribution < 1.29 is 14.3 Å². The average molecular weight is 339 g/mol. The van der Waals surface area contributed by atoms with Crippen LogP contribution < -0.4 is 11.1 Å². The maximum atomic E-state index is 12.9.